The fourth-order valence-electron chi connectivity index (χ4n) is 3.94. The SMILES string of the molecule is COc1cc(CN2C(=O)c3ccccc3C2C)ccc1OCc1ccccc1.c1ccncc1. The summed E-state index contributed by atoms with van der Waals surface area (Å²) in [6.45, 7) is 3.08. The molecule has 1 atom stereocenters. The third-order valence-corrected chi connectivity index (χ3v) is 5.75. The fourth-order valence-corrected chi connectivity index (χ4v) is 3.94. The van der Waals surface area contributed by atoms with E-state index in [0.717, 1.165) is 22.3 Å². The van der Waals surface area contributed by atoms with E-state index in [2.05, 4.69) is 11.9 Å². The minimum absolute atomic E-state index is 0.0590. The number of carbonyl (C=O) groups is 1. The van der Waals surface area contributed by atoms with Gasteiger partial charge in [0.1, 0.15) is 6.61 Å². The maximum Gasteiger partial charge on any atom is 0.255 e. The Kier molecular flexibility index (Phi) is 7.56. The zero-order valence-corrected chi connectivity index (χ0v) is 19.4. The first kappa shape index (κ1) is 23.1. The van der Waals surface area contributed by atoms with Gasteiger partial charge in [-0.15, -0.1) is 0 Å². The average Bonchev–Trinajstić information content (AvgIpc) is 3.14. The van der Waals surface area contributed by atoms with E-state index in [1.807, 2.05) is 95.9 Å². The molecule has 5 rings (SSSR count). The monoisotopic (exact) mass is 452 g/mol. The second kappa shape index (κ2) is 11.1. The third kappa shape index (κ3) is 5.44. The molecular formula is C29H28N2O3. The quantitative estimate of drug-likeness (QED) is 0.356. The molecule has 0 spiro atoms. The number of aromatic nitrogens is 1. The standard InChI is InChI=1S/C24H23NO3.C5H5N/c1-17-20-10-6-7-11-21(20)24(26)25(17)15-19-12-13-22(23(14-19)27-2)28-16-18-8-4-3-5-9-18;1-2-4-6-5-3-1/h3-14,17H,15-16H2,1-2H3;1-5H. The smallest absolute Gasteiger partial charge is 0.255 e. The third-order valence-electron chi connectivity index (χ3n) is 5.75. The van der Waals surface area contributed by atoms with Crippen molar-refractivity contribution in [3.05, 3.63) is 126 Å². The molecule has 5 nitrogen and oxygen atoms in total. The van der Waals surface area contributed by atoms with Gasteiger partial charge >= 0.3 is 0 Å². The second-order valence-electron chi connectivity index (χ2n) is 7.98. The molecule has 5 heteroatoms. The largest absolute Gasteiger partial charge is 0.493 e. The van der Waals surface area contributed by atoms with Gasteiger partial charge in [0.25, 0.3) is 5.91 Å². The van der Waals surface area contributed by atoms with E-state index in [9.17, 15) is 4.79 Å². The number of methoxy groups -OCH3 is 1. The summed E-state index contributed by atoms with van der Waals surface area (Å²) in [6.07, 6.45) is 3.50. The lowest BCUT2D eigenvalue weighted by Crippen LogP contribution is -2.26. The number of fused-ring (bicyclic) bond motifs is 1. The number of pyridine rings is 1. The Morgan fingerprint density at radius 1 is 0.824 bits per heavy atom. The van der Waals surface area contributed by atoms with Crippen LogP contribution in [0.2, 0.25) is 0 Å². The molecule has 0 fully saturated rings. The summed E-state index contributed by atoms with van der Waals surface area (Å²) in [5, 5.41) is 0. The number of rotatable bonds is 6. The summed E-state index contributed by atoms with van der Waals surface area (Å²) in [7, 11) is 1.63. The molecule has 0 radical (unpaired) electrons. The van der Waals surface area contributed by atoms with E-state index >= 15 is 0 Å². The van der Waals surface area contributed by atoms with Gasteiger partial charge in [0.05, 0.1) is 13.2 Å². The van der Waals surface area contributed by atoms with Crippen LogP contribution in [0.25, 0.3) is 0 Å². The highest BCUT2D eigenvalue weighted by atomic mass is 16.5. The average molecular weight is 453 g/mol. The van der Waals surface area contributed by atoms with Gasteiger partial charge in [-0.2, -0.15) is 0 Å². The van der Waals surface area contributed by atoms with Crippen LogP contribution in [0.5, 0.6) is 11.5 Å². The number of hydrogen-bond acceptors (Lipinski definition) is 4. The number of carbonyl (C=O) groups excluding carboxylic acids is 1. The zero-order chi connectivity index (χ0) is 23.8. The minimum Gasteiger partial charge on any atom is -0.493 e. The lowest BCUT2D eigenvalue weighted by atomic mass is 10.1. The van der Waals surface area contributed by atoms with Gasteiger partial charge < -0.3 is 14.4 Å². The Morgan fingerprint density at radius 2 is 1.53 bits per heavy atom. The van der Waals surface area contributed by atoms with Crippen molar-refractivity contribution in [2.45, 2.75) is 26.1 Å². The van der Waals surface area contributed by atoms with Crippen LogP contribution in [0.4, 0.5) is 0 Å². The topological polar surface area (TPSA) is 51.7 Å². The van der Waals surface area contributed by atoms with Crippen LogP contribution in [-0.4, -0.2) is 22.9 Å². The van der Waals surface area contributed by atoms with Crippen molar-refractivity contribution in [3.8, 4) is 11.5 Å². The second-order valence-corrected chi connectivity index (χ2v) is 7.98. The van der Waals surface area contributed by atoms with Gasteiger partial charge in [0, 0.05) is 24.5 Å². The Balaban J connectivity index is 0.000000398. The highest BCUT2D eigenvalue weighted by molar-refractivity contribution is 5.99. The molecule has 0 N–H and O–H groups in total. The molecule has 3 aromatic carbocycles. The minimum atomic E-state index is 0.0590. The lowest BCUT2D eigenvalue weighted by Gasteiger charge is -2.23. The molecule has 172 valence electrons. The van der Waals surface area contributed by atoms with Gasteiger partial charge in [-0.05, 0) is 53.9 Å². The van der Waals surface area contributed by atoms with Gasteiger partial charge in [-0.1, -0.05) is 60.7 Å². The molecule has 1 amide bonds. The first-order chi connectivity index (χ1) is 16.7. The zero-order valence-electron chi connectivity index (χ0n) is 19.4. The van der Waals surface area contributed by atoms with Crippen LogP contribution in [-0.2, 0) is 13.2 Å². The van der Waals surface area contributed by atoms with Crippen molar-refractivity contribution in [2.24, 2.45) is 0 Å². The number of hydrogen-bond donors (Lipinski definition) is 0. The first-order valence-electron chi connectivity index (χ1n) is 11.3. The number of ether oxygens (including phenoxy) is 2. The van der Waals surface area contributed by atoms with Gasteiger partial charge in [-0.3, -0.25) is 9.78 Å². The summed E-state index contributed by atoms with van der Waals surface area (Å²) in [5.74, 6) is 1.44. The molecule has 0 saturated heterocycles. The number of nitrogens with zero attached hydrogens (tertiary/aromatic N) is 2. The van der Waals surface area contributed by atoms with Crippen molar-refractivity contribution < 1.29 is 14.3 Å². The van der Waals surface area contributed by atoms with E-state index in [-0.39, 0.29) is 11.9 Å². The summed E-state index contributed by atoms with van der Waals surface area (Å²) >= 11 is 0. The van der Waals surface area contributed by atoms with E-state index in [0.29, 0.717) is 24.7 Å². The molecule has 34 heavy (non-hydrogen) atoms. The van der Waals surface area contributed by atoms with E-state index < -0.39 is 0 Å². The Labute approximate surface area is 200 Å². The normalized spacial score (nSPS) is 14.1. The predicted molar refractivity (Wildman–Crippen MR) is 133 cm³/mol. The van der Waals surface area contributed by atoms with Crippen molar-refractivity contribution in [3.63, 3.8) is 0 Å². The van der Waals surface area contributed by atoms with E-state index in [4.69, 9.17) is 9.47 Å². The van der Waals surface area contributed by atoms with Crippen LogP contribution < -0.4 is 9.47 Å². The van der Waals surface area contributed by atoms with E-state index in [1.54, 1.807) is 19.5 Å². The lowest BCUT2D eigenvalue weighted by molar-refractivity contribution is 0.0723. The van der Waals surface area contributed by atoms with Crippen LogP contribution in [0.1, 0.15) is 40.0 Å². The number of amides is 1. The first-order valence-corrected chi connectivity index (χ1v) is 11.3. The fraction of sp³-hybridized carbons (Fsp3) is 0.172. The molecule has 0 bridgehead atoms. The number of benzene rings is 3. The molecule has 4 aromatic rings. The van der Waals surface area contributed by atoms with Crippen molar-refractivity contribution in [1.82, 2.24) is 9.88 Å². The van der Waals surface area contributed by atoms with Gasteiger partial charge in [0.2, 0.25) is 0 Å². The van der Waals surface area contributed by atoms with Crippen molar-refractivity contribution in [2.75, 3.05) is 7.11 Å². The van der Waals surface area contributed by atoms with E-state index in [1.165, 1.54) is 0 Å². The summed E-state index contributed by atoms with van der Waals surface area (Å²) in [6, 6.07) is 29.5. The van der Waals surface area contributed by atoms with Crippen LogP contribution >= 0.6 is 0 Å². The van der Waals surface area contributed by atoms with Crippen molar-refractivity contribution in [1.29, 1.82) is 0 Å². The van der Waals surface area contributed by atoms with Crippen molar-refractivity contribution >= 4 is 5.91 Å². The molecule has 1 unspecified atom stereocenters. The summed E-state index contributed by atoms with van der Waals surface area (Å²) in [5.41, 5.74) is 3.99. The summed E-state index contributed by atoms with van der Waals surface area (Å²) in [4.78, 5) is 18.4. The summed E-state index contributed by atoms with van der Waals surface area (Å²) < 4.78 is 11.5. The maximum absolute atomic E-state index is 12.8. The molecule has 1 aromatic heterocycles. The highest BCUT2D eigenvalue weighted by Crippen LogP contribution is 2.35. The predicted octanol–water partition coefficient (Wildman–Crippen LogP) is 6.07. The van der Waals surface area contributed by atoms with Gasteiger partial charge in [0.15, 0.2) is 11.5 Å². The molecule has 0 aliphatic carbocycles. The molecule has 2 heterocycles. The molecule has 1 aliphatic heterocycles. The van der Waals surface area contributed by atoms with Crippen LogP contribution in [0, 0.1) is 0 Å². The molecule has 0 saturated carbocycles. The molecular weight excluding hydrogens is 424 g/mol. The van der Waals surface area contributed by atoms with Crippen LogP contribution in [0.3, 0.4) is 0 Å². The van der Waals surface area contributed by atoms with Gasteiger partial charge in [-0.25, -0.2) is 0 Å². The molecule has 1 aliphatic rings. The Hall–Kier alpha value is -4.12. The highest BCUT2D eigenvalue weighted by Gasteiger charge is 2.33. The maximum atomic E-state index is 12.8. The Bertz CT molecular complexity index is 1190. The van der Waals surface area contributed by atoms with Crippen LogP contribution in [0.15, 0.2) is 103 Å². The Morgan fingerprint density at radius 3 is 2.18 bits per heavy atom.